The van der Waals surface area contributed by atoms with E-state index in [1.54, 1.807) is 0 Å². The standard InChI is InChI=1S/C13H27N3O/c1-7-15(8-2)11(17)16-10-12(3,4)14-9-13(16,5)6/h14H,7-10H2,1-6H3. The van der Waals surface area contributed by atoms with Crippen LogP contribution in [-0.2, 0) is 0 Å². The molecule has 0 aromatic carbocycles. The van der Waals surface area contributed by atoms with Gasteiger partial charge in [0, 0.05) is 31.7 Å². The zero-order chi connectivity index (χ0) is 13.3. The zero-order valence-electron chi connectivity index (χ0n) is 12.1. The molecule has 1 saturated heterocycles. The lowest BCUT2D eigenvalue weighted by atomic mass is 9.92. The third-order valence-electron chi connectivity index (χ3n) is 3.55. The summed E-state index contributed by atoms with van der Waals surface area (Å²) in [6.45, 7) is 15.7. The Balaban J connectivity index is 2.88. The molecule has 1 rings (SSSR count). The third kappa shape index (κ3) is 3.12. The Morgan fingerprint density at radius 2 is 1.76 bits per heavy atom. The minimum Gasteiger partial charge on any atom is -0.325 e. The Hall–Kier alpha value is -0.770. The van der Waals surface area contributed by atoms with E-state index in [-0.39, 0.29) is 17.1 Å². The number of rotatable bonds is 2. The van der Waals surface area contributed by atoms with Gasteiger partial charge in [-0.15, -0.1) is 0 Å². The number of nitrogens with one attached hydrogen (secondary N) is 1. The number of carbonyl (C=O) groups is 1. The second kappa shape index (κ2) is 4.84. The van der Waals surface area contributed by atoms with Crippen LogP contribution in [0, 0.1) is 0 Å². The normalized spacial score (nSPS) is 22.4. The fraction of sp³-hybridized carbons (Fsp3) is 0.923. The van der Waals surface area contributed by atoms with E-state index in [1.165, 1.54) is 0 Å². The first kappa shape index (κ1) is 14.3. The quantitative estimate of drug-likeness (QED) is 0.801. The molecule has 0 unspecified atom stereocenters. The third-order valence-corrected chi connectivity index (χ3v) is 3.55. The van der Waals surface area contributed by atoms with Crippen LogP contribution >= 0.6 is 0 Å². The van der Waals surface area contributed by atoms with Gasteiger partial charge in [-0.1, -0.05) is 0 Å². The fourth-order valence-corrected chi connectivity index (χ4v) is 2.21. The Labute approximate surface area is 105 Å². The largest absolute Gasteiger partial charge is 0.325 e. The summed E-state index contributed by atoms with van der Waals surface area (Å²) < 4.78 is 0. The first-order valence-corrected chi connectivity index (χ1v) is 6.55. The maximum absolute atomic E-state index is 12.5. The van der Waals surface area contributed by atoms with Crippen LogP contribution in [0.15, 0.2) is 0 Å². The molecule has 1 fully saturated rings. The average Bonchev–Trinajstić information content (AvgIpc) is 2.24. The van der Waals surface area contributed by atoms with Crippen molar-refractivity contribution < 1.29 is 4.79 Å². The summed E-state index contributed by atoms with van der Waals surface area (Å²) >= 11 is 0. The fourth-order valence-electron chi connectivity index (χ4n) is 2.21. The van der Waals surface area contributed by atoms with E-state index in [1.807, 2.05) is 23.6 Å². The highest BCUT2D eigenvalue weighted by Gasteiger charge is 2.41. The minimum absolute atomic E-state index is 0.00165. The first-order valence-electron chi connectivity index (χ1n) is 6.55. The van der Waals surface area contributed by atoms with Gasteiger partial charge in [0.1, 0.15) is 0 Å². The predicted octanol–water partition coefficient (Wildman–Crippen LogP) is 1.91. The highest BCUT2D eigenvalue weighted by Crippen LogP contribution is 2.24. The Morgan fingerprint density at radius 1 is 1.24 bits per heavy atom. The molecule has 0 aromatic heterocycles. The van der Waals surface area contributed by atoms with Crippen molar-refractivity contribution in [1.82, 2.24) is 15.1 Å². The summed E-state index contributed by atoms with van der Waals surface area (Å²) in [6, 6.07) is 0.162. The molecule has 2 amide bonds. The summed E-state index contributed by atoms with van der Waals surface area (Å²) in [5.74, 6) is 0. The molecule has 0 radical (unpaired) electrons. The van der Waals surface area contributed by atoms with Crippen LogP contribution in [0.25, 0.3) is 0 Å². The van der Waals surface area contributed by atoms with Crippen molar-refractivity contribution in [3.05, 3.63) is 0 Å². The molecule has 0 spiro atoms. The highest BCUT2D eigenvalue weighted by molar-refractivity contribution is 5.75. The van der Waals surface area contributed by atoms with Gasteiger partial charge < -0.3 is 15.1 Å². The Bertz CT molecular complexity index is 282. The van der Waals surface area contributed by atoms with E-state index in [9.17, 15) is 4.79 Å². The molecule has 1 N–H and O–H groups in total. The van der Waals surface area contributed by atoms with Gasteiger partial charge in [-0.3, -0.25) is 0 Å². The molecule has 1 aliphatic rings. The van der Waals surface area contributed by atoms with Crippen LogP contribution in [-0.4, -0.2) is 53.1 Å². The summed E-state index contributed by atoms with van der Waals surface area (Å²) in [7, 11) is 0. The molecule has 0 atom stereocenters. The second-order valence-electron chi connectivity index (χ2n) is 6.09. The molecule has 1 heterocycles. The number of hydrogen-bond donors (Lipinski definition) is 1. The Morgan fingerprint density at radius 3 is 2.24 bits per heavy atom. The van der Waals surface area contributed by atoms with Crippen molar-refractivity contribution in [3.63, 3.8) is 0 Å². The van der Waals surface area contributed by atoms with Gasteiger partial charge in [0.05, 0.1) is 5.54 Å². The van der Waals surface area contributed by atoms with Crippen molar-refractivity contribution in [2.24, 2.45) is 0 Å². The SMILES string of the molecule is CCN(CC)C(=O)N1CC(C)(C)NCC1(C)C. The summed E-state index contributed by atoms with van der Waals surface area (Å²) in [4.78, 5) is 16.4. The van der Waals surface area contributed by atoms with E-state index >= 15 is 0 Å². The van der Waals surface area contributed by atoms with Gasteiger partial charge in [-0.05, 0) is 41.5 Å². The Kier molecular flexibility index (Phi) is 4.07. The van der Waals surface area contributed by atoms with Crippen molar-refractivity contribution in [3.8, 4) is 0 Å². The van der Waals surface area contributed by atoms with Crippen LogP contribution in [0.5, 0.6) is 0 Å². The van der Waals surface area contributed by atoms with Gasteiger partial charge in [-0.2, -0.15) is 0 Å². The van der Waals surface area contributed by atoms with Crippen LogP contribution in [0.4, 0.5) is 4.79 Å². The van der Waals surface area contributed by atoms with E-state index in [0.29, 0.717) is 0 Å². The lowest BCUT2D eigenvalue weighted by Crippen LogP contribution is -2.69. The van der Waals surface area contributed by atoms with Gasteiger partial charge >= 0.3 is 6.03 Å². The van der Waals surface area contributed by atoms with E-state index in [0.717, 1.165) is 26.2 Å². The van der Waals surface area contributed by atoms with Crippen LogP contribution in [0.1, 0.15) is 41.5 Å². The summed E-state index contributed by atoms with van der Waals surface area (Å²) in [5.41, 5.74) is -0.118. The molecular weight excluding hydrogens is 214 g/mol. The lowest BCUT2D eigenvalue weighted by Gasteiger charge is -2.50. The lowest BCUT2D eigenvalue weighted by molar-refractivity contribution is 0.0501. The van der Waals surface area contributed by atoms with Crippen LogP contribution in [0.2, 0.25) is 0 Å². The first-order chi connectivity index (χ1) is 7.73. The number of nitrogens with zero attached hydrogens (tertiary/aromatic N) is 2. The smallest absolute Gasteiger partial charge is 0.320 e. The predicted molar refractivity (Wildman–Crippen MR) is 71.2 cm³/mol. The number of amides is 2. The molecule has 0 aliphatic carbocycles. The average molecular weight is 241 g/mol. The molecule has 0 saturated carbocycles. The maximum Gasteiger partial charge on any atom is 0.320 e. The minimum atomic E-state index is -0.116. The summed E-state index contributed by atoms with van der Waals surface area (Å²) in [6.07, 6.45) is 0. The van der Waals surface area contributed by atoms with E-state index in [4.69, 9.17) is 0 Å². The van der Waals surface area contributed by atoms with Crippen LogP contribution < -0.4 is 5.32 Å². The van der Waals surface area contributed by atoms with Gasteiger partial charge in [0.15, 0.2) is 0 Å². The highest BCUT2D eigenvalue weighted by atomic mass is 16.2. The molecule has 100 valence electrons. The molecular formula is C13H27N3O. The van der Waals surface area contributed by atoms with E-state index < -0.39 is 0 Å². The number of urea groups is 1. The van der Waals surface area contributed by atoms with Gasteiger partial charge in [0.25, 0.3) is 0 Å². The van der Waals surface area contributed by atoms with Crippen LogP contribution in [0.3, 0.4) is 0 Å². The van der Waals surface area contributed by atoms with Crippen molar-refractivity contribution in [1.29, 1.82) is 0 Å². The van der Waals surface area contributed by atoms with Crippen molar-refractivity contribution in [2.45, 2.75) is 52.6 Å². The monoisotopic (exact) mass is 241 g/mol. The van der Waals surface area contributed by atoms with Gasteiger partial charge in [-0.25, -0.2) is 4.79 Å². The molecule has 1 aliphatic heterocycles. The number of hydrogen-bond acceptors (Lipinski definition) is 2. The van der Waals surface area contributed by atoms with Gasteiger partial charge in [0.2, 0.25) is 0 Å². The van der Waals surface area contributed by atoms with Crippen molar-refractivity contribution >= 4 is 6.03 Å². The topological polar surface area (TPSA) is 35.6 Å². The summed E-state index contributed by atoms with van der Waals surface area (Å²) in [5, 5.41) is 3.50. The number of piperazine rings is 1. The molecule has 0 aromatic rings. The molecule has 0 bridgehead atoms. The molecule has 4 heteroatoms. The zero-order valence-corrected chi connectivity index (χ0v) is 12.1. The maximum atomic E-state index is 12.5. The second-order valence-corrected chi connectivity index (χ2v) is 6.09. The number of carbonyl (C=O) groups excluding carboxylic acids is 1. The molecule has 17 heavy (non-hydrogen) atoms. The van der Waals surface area contributed by atoms with Crippen molar-refractivity contribution in [2.75, 3.05) is 26.2 Å². The van der Waals surface area contributed by atoms with E-state index in [2.05, 4.69) is 33.0 Å². The molecule has 4 nitrogen and oxygen atoms in total.